The molecular weight excluding hydrogens is 242 g/mol. The first kappa shape index (κ1) is 12.6. The van der Waals surface area contributed by atoms with Crippen molar-refractivity contribution >= 4 is 17.2 Å². The van der Waals surface area contributed by atoms with Gasteiger partial charge in [0.25, 0.3) is 0 Å². The largest absolute Gasteiger partial charge is 0.365 e. The summed E-state index contributed by atoms with van der Waals surface area (Å²) in [6.07, 6.45) is 0. The van der Waals surface area contributed by atoms with Crippen molar-refractivity contribution in [1.82, 2.24) is 4.98 Å². The third kappa shape index (κ3) is 2.52. The number of pyridine rings is 1. The number of thiophene rings is 1. The predicted octanol–water partition coefficient (Wildman–Crippen LogP) is 3.55. The first-order valence-electron chi connectivity index (χ1n) is 5.75. The topological polar surface area (TPSA) is 48.7 Å². The van der Waals surface area contributed by atoms with E-state index in [-0.39, 0.29) is 0 Å². The molecule has 0 saturated carbocycles. The Bertz CT molecular complexity index is 608. The van der Waals surface area contributed by atoms with Gasteiger partial charge in [0.05, 0.1) is 5.56 Å². The SMILES string of the molecule is Cc1cc(C)c(C#N)c(NCc2cscc2C)n1. The molecule has 2 aromatic rings. The van der Waals surface area contributed by atoms with E-state index in [9.17, 15) is 5.26 Å². The van der Waals surface area contributed by atoms with Crippen LogP contribution in [0.1, 0.15) is 27.9 Å². The lowest BCUT2D eigenvalue weighted by molar-refractivity contribution is 1.07. The molecule has 0 aliphatic heterocycles. The van der Waals surface area contributed by atoms with Crippen LogP contribution in [-0.2, 0) is 6.54 Å². The van der Waals surface area contributed by atoms with E-state index in [0.29, 0.717) is 17.9 Å². The average molecular weight is 257 g/mol. The number of aromatic nitrogens is 1. The zero-order chi connectivity index (χ0) is 13.1. The summed E-state index contributed by atoms with van der Waals surface area (Å²) in [6, 6.07) is 4.14. The van der Waals surface area contributed by atoms with E-state index in [2.05, 4.69) is 34.1 Å². The predicted molar refractivity (Wildman–Crippen MR) is 74.8 cm³/mol. The molecule has 0 bridgehead atoms. The molecule has 4 heteroatoms. The molecular formula is C14H15N3S. The van der Waals surface area contributed by atoms with Crippen molar-refractivity contribution < 1.29 is 0 Å². The van der Waals surface area contributed by atoms with Gasteiger partial charge in [-0.3, -0.25) is 0 Å². The first-order valence-corrected chi connectivity index (χ1v) is 6.70. The third-order valence-electron chi connectivity index (χ3n) is 2.86. The van der Waals surface area contributed by atoms with E-state index in [4.69, 9.17) is 0 Å². The van der Waals surface area contributed by atoms with Crippen LogP contribution in [0.15, 0.2) is 16.8 Å². The Hall–Kier alpha value is -1.86. The van der Waals surface area contributed by atoms with Gasteiger partial charge in [-0.05, 0) is 54.3 Å². The zero-order valence-electron chi connectivity index (χ0n) is 10.7. The van der Waals surface area contributed by atoms with Crippen LogP contribution in [0, 0.1) is 32.1 Å². The molecule has 0 unspecified atom stereocenters. The highest BCUT2D eigenvalue weighted by molar-refractivity contribution is 7.08. The lowest BCUT2D eigenvalue weighted by atomic mass is 10.1. The van der Waals surface area contributed by atoms with E-state index in [0.717, 1.165) is 11.3 Å². The number of aryl methyl sites for hydroxylation is 3. The molecule has 0 aliphatic carbocycles. The van der Waals surface area contributed by atoms with E-state index in [1.807, 2.05) is 19.9 Å². The first-order chi connectivity index (χ1) is 8.61. The van der Waals surface area contributed by atoms with Crippen molar-refractivity contribution in [3.05, 3.63) is 44.8 Å². The summed E-state index contributed by atoms with van der Waals surface area (Å²) in [7, 11) is 0. The number of nitrogens with zero attached hydrogens (tertiary/aromatic N) is 2. The second-order valence-electron chi connectivity index (χ2n) is 4.35. The Labute approximate surface area is 111 Å². The van der Waals surface area contributed by atoms with Crippen molar-refractivity contribution in [2.45, 2.75) is 27.3 Å². The van der Waals surface area contributed by atoms with E-state index in [1.165, 1.54) is 11.1 Å². The standard InChI is InChI=1S/C14H15N3S/c1-9-4-11(3)17-14(13(9)5-15)16-6-12-8-18-7-10(12)2/h4,7-8H,6H2,1-3H3,(H,16,17). The highest BCUT2D eigenvalue weighted by atomic mass is 32.1. The van der Waals surface area contributed by atoms with Gasteiger partial charge >= 0.3 is 0 Å². The van der Waals surface area contributed by atoms with Crippen LogP contribution in [0.25, 0.3) is 0 Å². The van der Waals surface area contributed by atoms with Gasteiger partial charge in [-0.1, -0.05) is 0 Å². The molecule has 18 heavy (non-hydrogen) atoms. The van der Waals surface area contributed by atoms with Crippen LogP contribution >= 0.6 is 11.3 Å². The van der Waals surface area contributed by atoms with Gasteiger partial charge in [-0.2, -0.15) is 16.6 Å². The van der Waals surface area contributed by atoms with Crippen molar-refractivity contribution in [2.75, 3.05) is 5.32 Å². The van der Waals surface area contributed by atoms with Crippen LogP contribution in [0.4, 0.5) is 5.82 Å². The smallest absolute Gasteiger partial charge is 0.144 e. The number of nitrogens with one attached hydrogen (secondary N) is 1. The Morgan fingerprint density at radius 2 is 2.06 bits per heavy atom. The van der Waals surface area contributed by atoms with Crippen LogP contribution < -0.4 is 5.32 Å². The maximum absolute atomic E-state index is 9.17. The summed E-state index contributed by atoms with van der Waals surface area (Å²) >= 11 is 1.69. The Balaban J connectivity index is 2.24. The molecule has 0 fully saturated rings. The zero-order valence-corrected chi connectivity index (χ0v) is 11.6. The second-order valence-corrected chi connectivity index (χ2v) is 5.09. The Kier molecular flexibility index (Phi) is 3.63. The van der Waals surface area contributed by atoms with Gasteiger partial charge in [0.15, 0.2) is 0 Å². The molecule has 0 amide bonds. The second kappa shape index (κ2) is 5.19. The maximum atomic E-state index is 9.17. The van der Waals surface area contributed by atoms with Gasteiger partial charge in [0, 0.05) is 12.2 Å². The minimum Gasteiger partial charge on any atom is -0.365 e. The third-order valence-corrected chi connectivity index (χ3v) is 3.77. The van der Waals surface area contributed by atoms with E-state index < -0.39 is 0 Å². The molecule has 0 atom stereocenters. The Morgan fingerprint density at radius 3 is 2.67 bits per heavy atom. The number of hydrogen-bond donors (Lipinski definition) is 1. The summed E-state index contributed by atoms with van der Waals surface area (Å²) in [5.74, 6) is 0.681. The molecule has 2 heterocycles. The fourth-order valence-electron chi connectivity index (χ4n) is 1.85. The molecule has 92 valence electrons. The minimum absolute atomic E-state index is 0.633. The molecule has 0 aliphatic rings. The fourth-order valence-corrected chi connectivity index (χ4v) is 2.71. The van der Waals surface area contributed by atoms with Gasteiger partial charge in [0.1, 0.15) is 11.9 Å². The number of rotatable bonds is 3. The van der Waals surface area contributed by atoms with Crippen LogP contribution in [-0.4, -0.2) is 4.98 Å². The summed E-state index contributed by atoms with van der Waals surface area (Å²) in [5, 5.41) is 16.7. The van der Waals surface area contributed by atoms with Crippen molar-refractivity contribution in [3.8, 4) is 6.07 Å². The molecule has 0 spiro atoms. The minimum atomic E-state index is 0.633. The van der Waals surface area contributed by atoms with Crippen LogP contribution in [0.3, 0.4) is 0 Å². The highest BCUT2D eigenvalue weighted by Crippen LogP contribution is 2.20. The molecule has 0 saturated heterocycles. The average Bonchev–Trinajstić information content (AvgIpc) is 2.71. The Morgan fingerprint density at radius 1 is 1.28 bits per heavy atom. The van der Waals surface area contributed by atoms with Crippen LogP contribution in [0.5, 0.6) is 0 Å². The maximum Gasteiger partial charge on any atom is 0.144 e. The van der Waals surface area contributed by atoms with Gasteiger partial charge < -0.3 is 5.32 Å². The van der Waals surface area contributed by atoms with E-state index in [1.54, 1.807) is 11.3 Å². The quantitative estimate of drug-likeness (QED) is 0.914. The summed E-state index contributed by atoms with van der Waals surface area (Å²) < 4.78 is 0. The van der Waals surface area contributed by atoms with Crippen molar-refractivity contribution in [1.29, 1.82) is 5.26 Å². The van der Waals surface area contributed by atoms with Gasteiger partial charge in [-0.15, -0.1) is 0 Å². The fraction of sp³-hybridized carbons (Fsp3) is 0.286. The van der Waals surface area contributed by atoms with Crippen molar-refractivity contribution in [3.63, 3.8) is 0 Å². The lowest BCUT2D eigenvalue weighted by Gasteiger charge is -2.10. The highest BCUT2D eigenvalue weighted by Gasteiger charge is 2.08. The summed E-state index contributed by atoms with van der Waals surface area (Å²) in [5.41, 5.74) is 5.05. The number of anilines is 1. The molecule has 0 radical (unpaired) electrons. The molecule has 3 nitrogen and oxygen atoms in total. The van der Waals surface area contributed by atoms with Gasteiger partial charge in [0.2, 0.25) is 0 Å². The molecule has 2 aromatic heterocycles. The number of nitriles is 1. The van der Waals surface area contributed by atoms with Crippen molar-refractivity contribution in [2.24, 2.45) is 0 Å². The molecule has 2 rings (SSSR count). The monoisotopic (exact) mass is 257 g/mol. The normalized spacial score (nSPS) is 10.1. The van der Waals surface area contributed by atoms with Crippen LogP contribution in [0.2, 0.25) is 0 Å². The summed E-state index contributed by atoms with van der Waals surface area (Å²) in [4.78, 5) is 4.40. The number of hydrogen-bond acceptors (Lipinski definition) is 4. The summed E-state index contributed by atoms with van der Waals surface area (Å²) in [6.45, 7) is 6.68. The molecule has 0 aromatic carbocycles. The molecule has 1 N–H and O–H groups in total. The van der Waals surface area contributed by atoms with Gasteiger partial charge in [-0.25, -0.2) is 4.98 Å². The van der Waals surface area contributed by atoms with E-state index >= 15 is 0 Å². The lowest BCUT2D eigenvalue weighted by Crippen LogP contribution is -2.05.